The number of halogens is 2. The fraction of sp³-hybridized carbons (Fsp3) is 0.158. The zero-order chi connectivity index (χ0) is 18.4. The fourth-order valence-electron chi connectivity index (χ4n) is 2.19. The predicted molar refractivity (Wildman–Crippen MR) is 102 cm³/mol. The van der Waals surface area contributed by atoms with Crippen molar-refractivity contribution in [3.8, 4) is 0 Å². The summed E-state index contributed by atoms with van der Waals surface area (Å²) in [6, 6.07) is 12.0. The molecule has 2 rings (SSSR count). The average Bonchev–Trinajstić information content (AvgIpc) is 2.62. The van der Waals surface area contributed by atoms with Crippen LogP contribution in [0.1, 0.15) is 34.5 Å². The third-order valence-electron chi connectivity index (χ3n) is 3.63. The molecule has 0 spiro atoms. The highest BCUT2D eigenvalue weighted by molar-refractivity contribution is 6.42. The number of amides is 2. The molecule has 2 amide bonds. The Balaban J connectivity index is 1.97. The van der Waals surface area contributed by atoms with Gasteiger partial charge in [-0.2, -0.15) is 0 Å². The van der Waals surface area contributed by atoms with E-state index in [1.54, 1.807) is 49.5 Å². The Morgan fingerprint density at radius 3 is 2.32 bits per heavy atom. The summed E-state index contributed by atoms with van der Waals surface area (Å²) in [4.78, 5) is 23.5. The quantitative estimate of drug-likeness (QED) is 0.766. The molecule has 2 aromatic carbocycles. The Labute approximate surface area is 156 Å². The molecule has 0 heterocycles. The van der Waals surface area contributed by atoms with Gasteiger partial charge in [-0.25, -0.2) is 0 Å². The first-order valence-corrected chi connectivity index (χ1v) is 8.42. The SMILES string of the molecule is CNC(=O)c1ccc(/C=C/C(=O)NC(C)c2ccc(Cl)c(Cl)c2)cc1. The lowest BCUT2D eigenvalue weighted by Gasteiger charge is -2.13. The van der Waals surface area contributed by atoms with Crippen molar-refractivity contribution in [2.45, 2.75) is 13.0 Å². The number of benzene rings is 2. The van der Waals surface area contributed by atoms with Gasteiger partial charge in [0, 0.05) is 18.7 Å². The van der Waals surface area contributed by atoms with E-state index in [4.69, 9.17) is 23.2 Å². The van der Waals surface area contributed by atoms with E-state index >= 15 is 0 Å². The minimum Gasteiger partial charge on any atom is -0.355 e. The summed E-state index contributed by atoms with van der Waals surface area (Å²) in [7, 11) is 1.58. The highest BCUT2D eigenvalue weighted by atomic mass is 35.5. The molecule has 1 atom stereocenters. The second kappa shape index (κ2) is 8.70. The van der Waals surface area contributed by atoms with E-state index < -0.39 is 0 Å². The number of rotatable bonds is 5. The molecule has 0 aliphatic heterocycles. The molecule has 0 bridgehead atoms. The van der Waals surface area contributed by atoms with E-state index in [0.29, 0.717) is 15.6 Å². The summed E-state index contributed by atoms with van der Waals surface area (Å²) in [5.74, 6) is -0.377. The average molecular weight is 377 g/mol. The second-order valence-electron chi connectivity index (χ2n) is 5.44. The molecular weight excluding hydrogens is 359 g/mol. The lowest BCUT2D eigenvalue weighted by molar-refractivity contribution is -0.117. The summed E-state index contributed by atoms with van der Waals surface area (Å²) in [6.07, 6.45) is 3.13. The number of carbonyl (C=O) groups excluding carboxylic acids is 2. The van der Waals surface area contributed by atoms with Gasteiger partial charge in [-0.15, -0.1) is 0 Å². The summed E-state index contributed by atoms with van der Waals surface area (Å²) in [5.41, 5.74) is 2.26. The Morgan fingerprint density at radius 1 is 1.04 bits per heavy atom. The Kier molecular flexibility index (Phi) is 6.62. The number of nitrogens with one attached hydrogen (secondary N) is 2. The molecule has 130 valence electrons. The van der Waals surface area contributed by atoms with E-state index in [0.717, 1.165) is 11.1 Å². The van der Waals surface area contributed by atoms with Gasteiger partial charge < -0.3 is 10.6 Å². The largest absolute Gasteiger partial charge is 0.355 e. The lowest BCUT2D eigenvalue weighted by Crippen LogP contribution is -2.24. The fourth-order valence-corrected chi connectivity index (χ4v) is 2.49. The van der Waals surface area contributed by atoms with Gasteiger partial charge in [-0.1, -0.05) is 41.4 Å². The van der Waals surface area contributed by atoms with Gasteiger partial charge >= 0.3 is 0 Å². The van der Waals surface area contributed by atoms with Crippen molar-refractivity contribution in [3.63, 3.8) is 0 Å². The second-order valence-corrected chi connectivity index (χ2v) is 6.25. The van der Waals surface area contributed by atoms with Gasteiger partial charge in [0.1, 0.15) is 0 Å². The molecule has 2 N–H and O–H groups in total. The van der Waals surface area contributed by atoms with Crippen LogP contribution in [-0.4, -0.2) is 18.9 Å². The molecule has 0 saturated heterocycles. The third-order valence-corrected chi connectivity index (χ3v) is 4.37. The number of hydrogen-bond donors (Lipinski definition) is 2. The number of hydrogen-bond acceptors (Lipinski definition) is 2. The Bertz CT molecular complexity index is 802. The van der Waals surface area contributed by atoms with Crippen LogP contribution in [0.5, 0.6) is 0 Å². The predicted octanol–water partition coefficient (Wildman–Crippen LogP) is 4.24. The van der Waals surface area contributed by atoms with Gasteiger partial charge in [0.05, 0.1) is 16.1 Å². The van der Waals surface area contributed by atoms with Gasteiger partial charge in [0.15, 0.2) is 0 Å². The topological polar surface area (TPSA) is 58.2 Å². The molecule has 6 heteroatoms. The van der Waals surface area contributed by atoms with Crippen LogP contribution in [0, 0.1) is 0 Å². The molecule has 0 saturated carbocycles. The molecule has 0 aromatic heterocycles. The van der Waals surface area contributed by atoms with Crippen LogP contribution in [0.4, 0.5) is 0 Å². The first kappa shape index (κ1) is 19.0. The summed E-state index contributed by atoms with van der Waals surface area (Å²) in [5, 5.41) is 6.34. The van der Waals surface area contributed by atoms with E-state index in [-0.39, 0.29) is 17.9 Å². The van der Waals surface area contributed by atoms with Crippen molar-refractivity contribution in [1.29, 1.82) is 0 Å². The number of carbonyl (C=O) groups is 2. The minimum absolute atomic E-state index is 0.149. The molecule has 4 nitrogen and oxygen atoms in total. The van der Waals surface area contributed by atoms with Crippen LogP contribution >= 0.6 is 23.2 Å². The molecule has 1 unspecified atom stereocenters. The van der Waals surface area contributed by atoms with Crippen molar-refractivity contribution >= 4 is 41.1 Å². The molecule has 25 heavy (non-hydrogen) atoms. The van der Waals surface area contributed by atoms with Crippen LogP contribution < -0.4 is 10.6 Å². The van der Waals surface area contributed by atoms with Gasteiger partial charge in [-0.3, -0.25) is 9.59 Å². The van der Waals surface area contributed by atoms with E-state index in [1.807, 2.05) is 13.0 Å². The summed E-state index contributed by atoms with van der Waals surface area (Å²) >= 11 is 11.9. The lowest BCUT2D eigenvalue weighted by atomic mass is 10.1. The molecule has 0 radical (unpaired) electrons. The summed E-state index contributed by atoms with van der Waals surface area (Å²) in [6.45, 7) is 1.86. The molecule has 0 aliphatic rings. The minimum atomic E-state index is -0.228. The summed E-state index contributed by atoms with van der Waals surface area (Å²) < 4.78 is 0. The van der Waals surface area contributed by atoms with Crippen LogP contribution in [0.15, 0.2) is 48.5 Å². The first-order chi connectivity index (χ1) is 11.9. The van der Waals surface area contributed by atoms with Crippen molar-refractivity contribution < 1.29 is 9.59 Å². The van der Waals surface area contributed by atoms with E-state index in [9.17, 15) is 9.59 Å². The van der Waals surface area contributed by atoms with Crippen LogP contribution in [-0.2, 0) is 4.79 Å². The maximum absolute atomic E-state index is 12.1. The highest BCUT2D eigenvalue weighted by Crippen LogP contribution is 2.25. The normalized spacial score (nSPS) is 12.0. The smallest absolute Gasteiger partial charge is 0.251 e. The third kappa shape index (κ3) is 5.34. The Hall–Kier alpha value is -2.30. The van der Waals surface area contributed by atoms with Crippen LogP contribution in [0.3, 0.4) is 0 Å². The van der Waals surface area contributed by atoms with Crippen LogP contribution in [0.2, 0.25) is 10.0 Å². The zero-order valence-corrected chi connectivity index (χ0v) is 15.4. The van der Waals surface area contributed by atoms with Crippen molar-refractivity contribution in [1.82, 2.24) is 10.6 Å². The van der Waals surface area contributed by atoms with Crippen molar-refractivity contribution in [3.05, 3.63) is 75.3 Å². The van der Waals surface area contributed by atoms with Crippen LogP contribution in [0.25, 0.3) is 6.08 Å². The van der Waals surface area contributed by atoms with Gasteiger partial charge in [0.25, 0.3) is 5.91 Å². The van der Waals surface area contributed by atoms with Crippen molar-refractivity contribution in [2.24, 2.45) is 0 Å². The highest BCUT2D eigenvalue weighted by Gasteiger charge is 2.09. The van der Waals surface area contributed by atoms with E-state index in [1.165, 1.54) is 6.08 Å². The molecular formula is C19H18Cl2N2O2. The van der Waals surface area contributed by atoms with Gasteiger partial charge in [-0.05, 0) is 48.4 Å². The maximum Gasteiger partial charge on any atom is 0.251 e. The standard InChI is InChI=1S/C19H18Cl2N2O2/c1-12(15-8-9-16(20)17(21)11-15)23-18(24)10-5-13-3-6-14(7-4-13)19(25)22-2/h3-12H,1-2H3,(H,22,25)(H,23,24)/b10-5+. The molecule has 0 fully saturated rings. The monoisotopic (exact) mass is 376 g/mol. The zero-order valence-electron chi connectivity index (χ0n) is 13.8. The maximum atomic E-state index is 12.1. The first-order valence-electron chi connectivity index (χ1n) is 7.66. The Morgan fingerprint density at radius 2 is 1.72 bits per heavy atom. The van der Waals surface area contributed by atoms with E-state index in [2.05, 4.69) is 10.6 Å². The molecule has 0 aliphatic carbocycles. The van der Waals surface area contributed by atoms with Crippen molar-refractivity contribution in [2.75, 3.05) is 7.05 Å². The molecule has 2 aromatic rings. The van der Waals surface area contributed by atoms with Gasteiger partial charge in [0.2, 0.25) is 5.91 Å².